The number of alkyl carbamates (subject to hydrolysis) is 1. The quantitative estimate of drug-likeness (QED) is 0.197. The van der Waals surface area contributed by atoms with Crippen LogP contribution in [0.5, 0.6) is 0 Å². The van der Waals surface area contributed by atoms with E-state index in [-0.39, 0.29) is 33.0 Å². The SMILES string of the molecule is C=CC(=O)Nc1cccc(S(=O)(=O)c2ccc(N3CC(CN4CCC([C@@](CN5CCC5)(c5cccc(F)c5)[C@H]5CCC[C@@H]5NC(=O)OC)CC4)C3)c(F)c2)c1. The Hall–Kier alpha value is -4.33. The van der Waals surface area contributed by atoms with E-state index in [0.29, 0.717) is 36.3 Å². The van der Waals surface area contributed by atoms with Gasteiger partial charge in [0.1, 0.15) is 11.6 Å². The van der Waals surface area contributed by atoms with Gasteiger partial charge in [0.25, 0.3) is 0 Å². The number of amides is 2. The van der Waals surface area contributed by atoms with Gasteiger partial charge in [0, 0.05) is 49.2 Å². The maximum atomic E-state index is 15.5. The molecule has 3 heterocycles. The number of rotatable bonds is 13. The van der Waals surface area contributed by atoms with Crippen molar-refractivity contribution in [3.05, 3.63) is 96.6 Å². The zero-order valence-electron chi connectivity index (χ0n) is 31.4. The van der Waals surface area contributed by atoms with Crippen molar-refractivity contribution in [2.45, 2.75) is 59.8 Å². The van der Waals surface area contributed by atoms with Crippen molar-refractivity contribution in [2.24, 2.45) is 17.8 Å². The van der Waals surface area contributed by atoms with Gasteiger partial charge in [0.15, 0.2) is 0 Å². The van der Waals surface area contributed by atoms with Gasteiger partial charge in [-0.2, -0.15) is 0 Å². The first-order valence-corrected chi connectivity index (χ1v) is 20.9. The second-order valence-corrected chi connectivity index (χ2v) is 17.6. The molecule has 1 saturated carbocycles. The molecule has 13 heteroatoms. The highest BCUT2D eigenvalue weighted by Gasteiger charge is 2.53. The Bertz CT molecular complexity index is 2000. The normalized spacial score (nSPS) is 22.3. The van der Waals surface area contributed by atoms with Crippen LogP contribution >= 0.6 is 0 Å². The minimum atomic E-state index is -4.03. The fourth-order valence-electron chi connectivity index (χ4n) is 9.60. The molecule has 3 aliphatic heterocycles. The van der Waals surface area contributed by atoms with Crippen LogP contribution in [0.1, 0.15) is 44.1 Å². The molecule has 7 rings (SSSR count). The van der Waals surface area contributed by atoms with Crippen molar-refractivity contribution in [3.8, 4) is 0 Å². The molecule has 0 radical (unpaired) electrons. The molecular formula is C42H51F2N5O5S. The van der Waals surface area contributed by atoms with Crippen molar-refractivity contribution in [1.82, 2.24) is 15.1 Å². The Morgan fingerprint density at radius 1 is 0.909 bits per heavy atom. The Morgan fingerprint density at radius 3 is 2.33 bits per heavy atom. The highest BCUT2D eigenvalue weighted by Crippen LogP contribution is 2.51. The van der Waals surface area contributed by atoms with E-state index in [1.807, 2.05) is 11.0 Å². The van der Waals surface area contributed by atoms with Gasteiger partial charge < -0.3 is 30.1 Å². The van der Waals surface area contributed by atoms with E-state index in [2.05, 4.69) is 33.1 Å². The molecule has 10 nitrogen and oxygen atoms in total. The monoisotopic (exact) mass is 775 g/mol. The number of nitrogens with one attached hydrogen (secondary N) is 2. The molecule has 0 unspecified atom stereocenters. The smallest absolute Gasteiger partial charge is 0.407 e. The molecule has 0 aromatic heterocycles. The molecule has 55 heavy (non-hydrogen) atoms. The van der Waals surface area contributed by atoms with Gasteiger partial charge in [-0.3, -0.25) is 4.79 Å². The summed E-state index contributed by atoms with van der Waals surface area (Å²) in [6.45, 7) is 10.3. The summed E-state index contributed by atoms with van der Waals surface area (Å²) in [6.07, 6.45) is 6.57. The minimum absolute atomic E-state index is 0.0478. The highest BCUT2D eigenvalue weighted by molar-refractivity contribution is 7.91. The number of piperidine rings is 1. The summed E-state index contributed by atoms with van der Waals surface area (Å²) in [5.41, 5.74) is 1.37. The molecule has 0 spiro atoms. The first-order chi connectivity index (χ1) is 26.5. The molecule has 0 bridgehead atoms. The largest absolute Gasteiger partial charge is 0.453 e. The van der Waals surface area contributed by atoms with E-state index >= 15 is 4.39 Å². The molecule has 2 amide bonds. The summed E-state index contributed by atoms with van der Waals surface area (Å²) >= 11 is 0. The minimum Gasteiger partial charge on any atom is -0.453 e. The van der Waals surface area contributed by atoms with Crippen LogP contribution in [0.25, 0.3) is 0 Å². The number of carbonyl (C=O) groups excluding carboxylic acids is 2. The molecule has 2 N–H and O–H groups in total. The zero-order chi connectivity index (χ0) is 38.7. The summed E-state index contributed by atoms with van der Waals surface area (Å²) < 4.78 is 62.3. The number of hydrogen-bond acceptors (Lipinski definition) is 8. The molecule has 1 aliphatic carbocycles. The second-order valence-electron chi connectivity index (χ2n) is 15.6. The van der Waals surface area contributed by atoms with Crippen LogP contribution < -0.4 is 15.5 Å². The van der Waals surface area contributed by atoms with Crippen LogP contribution in [-0.2, 0) is 24.8 Å². The van der Waals surface area contributed by atoms with E-state index in [4.69, 9.17) is 4.74 Å². The fraction of sp³-hybridized carbons (Fsp3) is 0.476. The van der Waals surface area contributed by atoms with Gasteiger partial charge in [-0.1, -0.05) is 31.2 Å². The summed E-state index contributed by atoms with van der Waals surface area (Å²) in [5.74, 6) is -0.513. The fourth-order valence-corrected chi connectivity index (χ4v) is 10.9. The Labute approximate surface area is 322 Å². The lowest BCUT2D eigenvalue weighted by molar-refractivity contribution is -0.111. The number of nitrogens with zero attached hydrogens (tertiary/aromatic N) is 3. The van der Waals surface area contributed by atoms with Crippen LogP contribution in [-0.4, -0.2) is 95.7 Å². The molecule has 3 atom stereocenters. The van der Waals surface area contributed by atoms with Gasteiger partial charge in [-0.05, 0) is 130 Å². The van der Waals surface area contributed by atoms with Crippen LogP contribution in [0.4, 0.5) is 25.0 Å². The molecule has 4 fully saturated rings. The number of sulfone groups is 1. The van der Waals surface area contributed by atoms with Gasteiger partial charge >= 0.3 is 6.09 Å². The summed E-state index contributed by atoms with van der Waals surface area (Å²) in [7, 11) is -2.63. The predicted molar refractivity (Wildman–Crippen MR) is 208 cm³/mol. The number of benzene rings is 3. The lowest BCUT2D eigenvalue weighted by Gasteiger charge is -2.54. The second kappa shape index (κ2) is 16.4. The number of hydrogen-bond donors (Lipinski definition) is 2. The summed E-state index contributed by atoms with van der Waals surface area (Å²) in [5, 5.41) is 5.71. The predicted octanol–water partition coefficient (Wildman–Crippen LogP) is 6.24. The number of halogens is 2. The van der Waals surface area contributed by atoms with E-state index in [1.54, 1.807) is 12.1 Å². The first kappa shape index (κ1) is 38.9. The molecule has 3 aromatic carbocycles. The molecule has 4 aliphatic rings. The third-order valence-corrected chi connectivity index (χ3v) is 14.2. The molecule has 3 aromatic rings. The standard InChI is InChI=1S/C42H51F2N5O5S/c1-3-40(50)45-33-10-5-11-34(23-33)55(52,53)35-14-15-39(37(44)24-35)49-26-29(27-49)25-47-20-16-30(17-21-47)42(28-48-18-7-19-48,31-8-4-9-32(43)22-31)36-12-6-13-38(36)46-41(51)54-2/h3-5,8-11,14-15,22-24,29-30,36,38H,1,6-7,12-13,16-21,25-28H2,2H3,(H,45,50)(H,46,51)/t36-,38-,42-/m0/s1. The summed E-state index contributed by atoms with van der Waals surface area (Å²) in [6, 6.07) is 17.0. The van der Waals surface area contributed by atoms with Gasteiger partial charge in [-0.25, -0.2) is 22.0 Å². The van der Waals surface area contributed by atoms with Gasteiger partial charge in [-0.15, -0.1) is 0 Å². The van der Waals surface area contributed by atoms with E-state index in [1.165, 1.54) is 43.5 Å². The molecular weight excluding hydrogens is 725 g/mol. The average Bonchev–Trinajstić information content (AvgIpc) is 3.61. The Balaban J connectivity index is 1.01. The van der Waals surface area contributed by atoms with Crippen molar-refractivity contribution in [3.63, 3.8) is 0 Å². The van der Waals surface area contributed by atoms with Crippen LogP contribution in [0.15, 0.2) is 89.2 Å². The summed E-state index contributed by atoms with van der Waals surface area (Å²) in [4.78, 5) is 30.9. The average molecular weight is 776 g/mol. The third-order valence-electron chi connectivity index (χ3n) is 12.4. The molecule has 3 saturated heterocycles. The molecule has 294 valence electrons. The lowest BCUT2D eigenvalue weighted by Crippen LogP contribution is -2.60. The van der Waals surface area contributed by atoms with Gasteiger partial charge in [0.2, 0.25) is 15.7 Å². The first-order valence-electron chi connectivity index (χ1n) is 19.4. The Morgan fingerprint density at radius 2 is 1.65 bits per heavy atom. The van der Waals surface area contributed by atoms with E-state index in [9.17, 15) is 22.4 Å². The Kier molecular flexibility index (Phi) is 11.6. The van der Waals surface area contributed by atoms with Crippen molar-refractivity contribution in [1.29, 1.82) is 0 Å². The maximum absolute atomic E-state index is 15.5. The number of ether oxygens (including phenoxy) is 1. The van der Waals surface area contributed by atoms with Crippen LogP contribution in [0.3, 0.4) is 0 Å². The topological polar surface area (TPSA) is 111 Å². The number of carbonyl (C=O) groups is 2. The zero-order valence-corrected chi connectivity index (χ0v) is 32.2. The van der Waals surface area contributed by atoms with Crippen molar-refractivity contribution in [2.75, 3.05) is 69.7 Å². The van der Waals surface area contributed by atoms with Crippen LogP contribution in [0, 0.1) is 29.4 Å². The van der Waals surface area contributed by atoms with Gasteiger partial charge in [0.05, 0.1) is 22.6 Å². The van der Waals surface area contributed by atoms with Crippen molar-refractivity contribution >= 4 is 33.2 Å². The lowest BCUT2D eigenvalue weighted by atomic mass is 9.57. The van der Waals surface area contributed by atoms with Crippen LogP contribution in [0.2, 0.25) is 0 Å². The maximum Gasteiger partial charge on any atom is 0.407 e. The van der Waals surface area contributed by atoms with E-state index in [0.717, 1.165) is 95.5 Å². The van der Waals surface area contributed by atoms with Crippen molar-refractivity contribution < 1.29 is 31.5 Å². The number of anilines is 2. The third kappa shape index (κ3) is 8.15. The number of methoxy groups -OCH3 is 1. The van der Waals surface area contributed by atoms with E-state index < -0.39 is 27.7 Å². The number of likely N-dealkylation sites (tertiary alicyclic amines) is 2. The highest BCUT2D eigenvalue weighted by atomic mass is 32.2.